The highest BCUT2D eigenvalue weighted by Crippen LogP contribution is 2.33. The van der Waals surface area contributed by atoms with Gasteiger partial charge in [0.25, 0.3) is 0 Å². The summed E-state index contributed by atoms with van der Waals surface area (Å²) in [6, 6.07) is 6.25. The maximum Gasteiger partial charge on any atom is 0.433 e. The van der Waals surface area contributed by atoms with Crippen molar-refractivity contribution in [2.24, 2.45) is 0 Å². The first-order valence-electron chi connectivity index (χ1n) is 5.46. The number of halogens is 4. The van der Waals surface area contributed by atoms with E-state index in [1.54, 1.807) is 0 Å². The Balaban J connectivity index is 2.33. The molecular formula is C12H9F4N3S. The molecule has 8 heteroatoms. The number of rotatable bonds is 3. The number of nitrogens with one attached hydrogen (secondary N) is 1. The lowest BCUT2D eigenvalue weighted by molar-refractivity contribution is -0.141. The minimum absolute atomic E-state index is 0.121. The summed E-state index contributed by atoms with van der Waals surface area (Å²) in [5.41, 5.74) is -1.03. The highest BCUT2D eigenvalue weighted by molar-refractivity contribution is 7.99. The van der Waals surface area contributed by atoms with Crippen LogP contribution in [0.1, 0.15) is 5.69 Å². The Kier molecular flexibility index (Phi) is 4.12. The molecule has 0 saturated heterocycles. The molecule has 2 aromatic rings. The zero-order valence-corrected chi connectivity index (χ0v) is 11.0. The van der Waals surface area contributed by atoms with Crippen molar-refractivity contribution in [1.82, 2.24) is 9.97 Å². The molecule has 0 amide bonds. The van der Waals surface area contributed by atoms with E-state index in [-0.39, 0.29) is 11.0 Å². The van der Waals surface area contributed by atoms with Crippen molar-refractivity contribution in [1.29, 1.82) is 0 Å². The van der Waals surface area contributed by atoms with Crippen molar-refractivity contribution in [2.45, 2.75) is 16.1 Å². The van der Waals surface area contributed by atoms with Crippen LogP contribution in [0.3, 0.4) is 0 Å². The number of anilines is 1. The van der Waals surface area contributed by atoms with Gasteiger partial charge in [0, 0.05) is 18.0 Å². The summed E-state index contributed by atoms with van der Waals surface area (Å²) in [4.78, 5) is 7.87. The largest absolute Gasteiger partial charge is 0.433 e. The highest BCUT2D eigenvalue weighted by atomic mass is 32.2. The van der Waals surface area contributed by atoms with Gasteiger partial charge in [-0.1, -0.05) is 11.8 Å². The predicted octanol–water partition coefficient (Wildman–Crippen LogP) is 3.83. The lowest BCUT2D eigenvalue weighted by Crippen LogP contribution is -2.11. The van der Waals surface area contributed by atoms with Crippen molar-refractivity contribution in [3.63, 3.8) is 0 Å². The quantitative estimate of drug-likeness (QED) is 0.691. The van der Waals surface area contributed by atoms with Crippen LogP contribution in [0, 0.1) is 5.82 Å². The number of hydrogen-bond donors (Lipinski definition) is 1. The van der Waals surface area contributed by atoms with Gasteiger partial charge < -0.3 is 5.32 Å². The fourth-order valence-electron chi connectivity index (χ4n) is 1.36. The molecule has 106 valence electrons. The van der Waals surface area contributed by atoms with Gasteiger partial charge in [-0.3, -0.25) is 0 Å². The van der Waals surface area contributed by atoms with Gasteiger partial charge in [-0.15, -0.1) is 0 Å². The molecule has 0 saturated carbocycles. The number of aromatic nitrogens is 2. The average molecular weight is 303 g/mol. The van der Waals surface area contributed by atoms with Gasteiger partial charge in [0.05, 0.1) is 0 Å². The summed E-state index contributed by atoms with van der Waals surface area (Å²) in [7, 11) is 1.43. The third kappa shape index (κ3) is 3.60. The SMILES string of the molecule is CNc1nc(Sc2ccc(F)cc2)cc(C(F)(F)F)n1. The summed E-state index contributed by atoms with van der Waals surface area (Å²) in [6.45, 7) is 0. The summed E-state index contributed by atoms with van der Waals surface area (Å²) in [5.74, 6) is -0.534. The van der Waals surface area contributed by atoms with E-state index in [2.05, 4.69) is 15.3 Å². The van der Waals surface area contributed by atoms with Crippen molar-refractivity contribution >= 4 is 17.7 Å². The summed E-state index contributed by atoms with van der Waals surface area (Å²) in [5, 5.41) is 2.61. The van der Waals surface area contributed by atoms with E-state index in [1.165, 1.54) is 31.3 Å². The monoisotopic (exact) mass is 303 g/mol. The number of benzene rings is 1. The van der Waals surface area contributed by atoms with Crippen molar-refractivity contribution < 1.29 is 17.6 Å². The Morgan fingerprint density at radius 2 is 1.75 bits per heavy atom. The molecule has 0 aliphatic rings. The number of alkyl halides is 3. The molecule has 3 nitrogen and oxygen atoms in total. The van der Waals surface area contributed by atoms with E-state index >= 15 is 0 Å². The van der Waals surface area contributed by atoms with E-state index in [0.29, 0.717) is 4.90 Å². The van der Waals surface area contributed by atoms with Gasteiger partial charge in [-0.25, -0.2) is 14.4 Å². The molecule has 0 radical (unpaired) electrons. The Morgan fingerprint density at radius 1 is 1.10 bits per heavy atom. The van der Waals surface area contributed by atoms with Crippen LogP contribution < -0.4 is 5.32 Å². The molecule has 1 N–H and O–H groups in total. The van der Waals surface area contributed by atoms with E-state index < -0.39 is 17.7 Å². The van der Waals surface area contributed by atoms with Crippen molar-refractivity contribution in [2.75, 3.05) is 12.4 Å². The van der Waals surface area contributed by atoms with Crippen LogP contribution in [-0.2, 0) is 6.18 Å². The zero-order chi connectivity index (χ0) is 14.8. The van der Waals surface area contributed by atoms with Crippen molar-refractivity contribution in [3.8, 4) is 0 Å². The predicted molar refractivity (Wildman–Crippen MR) is 67.1 cm³/mol. The molecule has 0 bridgehead atoms. The minimum Gasteiger partial charge on any atom is -0.357 e. The second kappa shape index (κ2) is 5.66. The van der Waals surface area contributed by atoms with Gasteiger partial charge >= 0.3 is 6.18 Å². The van der Waals surface area contributed by atoms with Crippen LogP contribution in [0.2, 0.25) is 0 Å². The lowest BCUT2D eigenvalue weighted by Gasteiger charge is -2.09. The normalized spacial score (nSPS) is 11.4. The smallest absolute Gasteiger partial charge is 0.357 e. The van der Waals surface area contributed by atoms with Crippen LogP contribution in [0.25, 0.3) is 0 Å². The molecule has 1 aromatic heterocycles. The Bertz CT molecular complexity index is 599. The first-order valence-corrected chi connectivity index (χ1v) is 6.27. The second-order valence-corrected chi connectivity index (χ2v) is 4.81. The van der Waals surface area contributed by atoms with Gasteiger partial charge in [0.2, 0.25) is 5.95 Å². The second-order valence-electron chi connectivity index (χ2n) is 3.72. The van der Waals surface area contributed by atoms with Gasteiger partial charge in [-0.05, 0) is 24.3 Å². The molecule has 2 rings (SSSR count). The molecule has 0 atom stereocenters. The maximum atomic E-state index is 12.8. The van der Waals surface area contributed by atoms with Crippen molar-refractivity contribution in [3.05, 3.63) is 41.8 Å². The average Bonchev–Trinajstić information content (AvgIpc) is 2.40. The molecule has 0 spiro atoms. The molecule has 0 fully saturated rings. The summed E-state index contributed by atoms with van der Waals surface area (Å²) >= 11 is 0.998. The Hall–Kier alpha value is -1.83. The maximum absolute atomic E-state index is 12.8. The Morgan fingerprint density at radius 3 is 2.30 bits per heavy atom. The van der Waals surface area contributed by atoms with Gasteiger partial charge in [0.1, 0.15) is 10.8 Å². The molecule has 0 unspecified atom stereocenters. The zero-order valence-electron chi connectivity index (χ0n) is 10.2. The third-order valence-corrected chi connectivity index (χ3v) is 3.18. The first kappa shape index (κ1) is 14.6. The molecule has 1 aromatic carbocycles. The standard InChI is InChI=1S/C12H9F4N3S/c1-17-11-18-9(12(14,15)16)6-10(19-11)20-8-4-2-7(13)3-5-8/h2-6H,1H3,(H,17,18,19). The van der Waals surface area contributed by atoms with E-state index in [9.17, 15) is 17.6 Å². The van der Waals surface area contributed by atoms with Crippen LogP contribution in [-0.4, -0.2) is 17.0 Å². The van der Waals surface area contributed by atoms with Gasteiger partial charge in [0.15, 0.2) is 5.69 Å². The van der Waals surface area contributed by atoms with Crippen LogP contribution in [0.15, 0.2) is 40.3 Å². The minimum atomic E-state index is -4.55. The van der Waals surface area contributed by atoms with Gasteiger partial charge in [-0.2, -0.15) is 13.2 Å². The fraction of sp³-hybridized carbons (Fsp3) is 0.167. The van der Waals surface area contributed by atoms with Crippen LogP contribution >= 0.6 is 11.8 Å². The Labute approximate surface area is 116 Å². The van der Waals surface area contributed by atoms with E-state index in [1.807, 2.05) is 0 Å². The third-order valence-electron chi connectivity index (χ3n) is 2.25. The van der Waals surface area contributed by atoms with Crippen LogP contribution in [0.5, 0.6) is 0 Å². The molecule has 0 aliphatic carbocycles. The summed E-state index contributed by atoms with van der Waals surface area (Å²) in [6.07, 6.45) is -4.55. The summed E-state index contributed by atoms with van der Waals surface area (Å²) < 4.78 is 50.9. The van der Waals surface area contributed by atoms with E-state index in [0.717, 1.165) is 17.8 Å². The number of hydrogen-bond acceptors (Lipinski definition) is 4. The molecule has 1 heterocycles. The highest BCUT2D eigenvalue weighted by Gasteiger charge is 2.33. The lowest BCUT2D eigenvalue weighted by atomic mass is 10.4. The topological polar surface area (TPSA) is 37.8 Å². The van der Waals surface area contributed by atoms with Crippen LogP contribution in [0.4, 0.5) is 23.5 Å². The molecule has 0 aliphatic heterocycles. The number of nitrogens with zero attached hydrogens (tertiary/aromatic N) is 2. The molecule has 20 heavy (non-hydrogen) atoms. The first-order chi connectivity index (χ1) is 9.38. The molecular weight excluding hydrogens is 294 g/mol. The van der Waals surface area contributed by atoms with E-state index in [4.69, 9.17) is 0 Å². The fourth-order valence-corrected chi connectivity index (χ4v) is 2.17.